The smallest absolute Gasteiger partial charge is 0.264 e. The quantitative estimate of drug-likeness (QED) is 0.736. The summed E-state index contributed by atoms with van der Waals surface area (Å²) in [4.78, 5) is 16.6. The lowest BCUT2D eigenvalue weighted by Gasteiger charge is -2.24. The number of sulfonamides is 1. The van der Waals surface area contributed by atoms with Gasteiger partial charge in [0.1, 0.15) is 0 Å². The maximum atomic E-state index is 13.3. The predicted octanol–water partition coefficient (Wildman–Crippen LogP) is 3.47. The molecule has 0 saturated heterocycles. The molecule has 1 aliphatic heterocycles. The molecule has 1 aromatic heterocycles. The van der Waals surface area contributed by atoms with Gasteiger partial charge in [-0.05, 0) is 55.3 Å². The van der Waals surface area contributed by atoms with E-state index in [2.05, 4.69) is 10.3 Å². The van der Waals surface area contributed by atoms with Gasteiger partial charge >= 0.3 is 0 Å². The number of aromatic nitrogens is 1. The van der Waals surface area contributed by atoms with E-state index in [0.29, 0.717) is 17.8 Å². The zero-order chi connectivity index (χ0) is 19.7. The molecular formula is C21H19N3O3S. The van der Waals surface area contributed by atoms with Gasteiger partial charge in [0.25, 0.3) is 15.9 Å². The summed E-state index contributed by atoms with van der Waals surface area (Å²) in [5, 5.41) is 2.72. The summed E-state index contributed by atoms with van der Waals surface area (Å²) in [7, 11) is -3.79. The number of nitrogens with one attached hydrogen (secondary N) is 1. The van der Waals surface area contributed by atoms with Crippen molar-refractivity contribution in [3.63, 3.8) is 0 Å². The van der Waals surface area contributed by atoms with Crippen LogP contribution in [0.3, 0.4) is 0 Å². The van der Waals surface area contributed by atoms with E-state index in [1.54, 1.807) is 30.5 Å². The average Bonchev–Trinajstić information content (AvgIpc) is 3.05. The number of carbonyl (C=O) groups excluding carboxylic acids is 1. The zero-order valence-electron chi connectivity index (χ0n) is 15.2. The number of para-hydroxylation sites is 1. The lowest BCUT2D eigenvalue weighted by Crippen LogP contribution is -2.35. The van der Waals surface area contributed by atoms with Gasteiger partial charge in [0.05, 0.1) is 22.5 Å². The molecule has 0 saturated carbocycles. The molecule has 1 amide bonds. The highest BCUT2D eigenvalue weighted by Gasteiger charge is 2.36. The molecule has 0 fully saturated rings. The van der Waals surface area contributed by atoms with Gasteiger partial charge in [-0.3, -0.25) is 14.1 Å². The Balaban J connectivity index is 1.66. The van der Waals surface area contributed by atoms with E-state index in [1.165, 1.54) is 22.6 Å². The van der Waals surface area contributed by atoms with Crippen molar-refractivity contribution >= 4 is 27.3 Å². The van der Waals surface area contributed by atoms with Crippen LogP contribution < -0.4 is 9.62 Å². The monoisotopic (exact) mass is 393 g/mol. The number of benzene rings is 2. The van der Waals surface area contributed by atoms with Crippen molar-refractivity contribution in [1.29, 1.82) is 0 Å². The second-order valence-corrected chi connectivity index (χ2v) is 8.52. The van der Waals surface area contributed by atoms with Crippen LogP contribution in [0.4, 0.5) is 11.4 Å². The van der Waals surface area contributed by atoms with Gasteiger partial charge in [0, 0.05) is 17.8 Å². The van der Waals surface area contributed by atoms with E-state index < -0.39 is 10.0 Å². The molecule has 28 heavy (non-hydrogen) atoms. The number of amides is 1. The number of pyridine rings is 1. The van der Waals surface area contributed by atoms with Crippen molar-refractivity contribution < 1.29 is 13.2 Å². The molecule has 0 radical (unpaired) electrons. The topological polar surface area (TPSA) is 79.4 Å². The van der Waals surface area contributed by atoms with Gasteiger partial charge < -0.3 is 5.32 Å². The molecule has 6 nitrogen and oxygen atoms in total. The predicted molar refractivity (Wildman–Crippen MR) is 108 cm³/mol. The van der Waals surface area contributed by atoms with E-state index in [1.807, 2.05) is 31.2 Å². The molecule has 7 heteroatoms. The van der Waals surface area contributed by atoms with Crippen LogP contribution in [0.25, 0.3) is 0 Å². The van der Waals surface area contributed by atoms with E-state index >= 15 is 0 Å². The summed E-state index contributed by atoms with van der Waals surface area (Å²) in [6, 6.07) is 16.8. The lowest BCUT2D eigenvalue weighted by atomic mass is 10.1. The highest BCUT2D eigenvalue weighted by molar-refractivity contribution is 7.92. The highest BCUT2D eigenvalue weighted by Crippen LogP contribution is 2.36. The number of fused-ring (bicyclic) bond motifs is 1. The van der Waals surface area contributed by atoms with Crippen LogP contribution in [0, 0.1) is 0 Å². The fourth-order valence-corrected chi connectivity index (χ4v) is 5.19. The zero-order valence-corrected chi connectivity index (χ0v) is 16.1. The van der Waals surface area contributed by atoms with Gasteiger partial charge in [-0.2, -0.15) is 0 Å². The van der Waals surface area contributed by atoms with Crippen molar-refractivity contribution in [1.82, 2.24) is 4.98 Å². The number of anilines is 2. The normalized spacial score (nSPS) is 15.9. The summed E-state index contributed by atoms with van der Waals surface area (Å²) in [6.07, 6.45) is 3.80. The molecule has 0 spiro atoms. The van der Waals surface area contributed by atoms with Gasteiger partial charge in [0.15, 0.2) is 0 Å². The maximum Gasteiger partial charge on any atom is 0.264 e. The van der Waals surface area contributed by atoms with E-state index in [4.69, 9.17) is 0 Å². The minimum absolute atomic E-state index is 0.0925. The number of nitrogens with zero attached hydrogens (tertiary/aromatic N) is 2. The first-order valence-corrected chi connectivity index (χ1v) is 10.3. The van der Waals surface area contributed by atoms with Crippen LogP contribution in [-0.4, -0.2) is 25.4 Å². The largest absolute Gasteiger partial charge is 0.321 e. The van der Waals surface area contributed by atoms with Crippen molar-refractivity contribution in [2.24, 2.45) is 0 Å². The summed E-state index contributed by atoms with van der Waals surface area (Å²) in [5.74, 6) is -0.389. The van der Waals surface area contributed by atoms with Gasteiger partial charge in [-0.15, -0.1) is 0 Å². The molecule has 2 aromatic carbocycles. The van der Waals surface area contributed by atoms with Crippen LogP contribution in [0.15, 0.2) is 78.0 Å². The Bertz CT molecular complexity index is 1130. The summed E-state index contributed by atoms with van der Waals surface area (Å²) in [5.41, 5.74) is 2.51. The first kappa shape index (κ1) is 18.2. The van der Waals surface area contributed by atoms with E-state index in [-0.39, 0.29) is 22.4 Å². The van der Waals surface area contributed by atoms with Crippen molar-refractivity contribution in [2.75, 3.05) is 9.62 Å². The molecule has 1 atom stereocenters. The molecule has 0 aliphatic carbocycles. The fourth-order valence-electron chi connectivity index (χ4n) is 3.45. The number of hydrogen-bond donors (Lipinski definition) is 1. The Morgan fingerprint density at radius 2 is 1.93 bits per heavy atom. The van der Waals surface area contributed by atoms with Crippen molar-refractivity contribution in [3.05, 3.63) is 84.2 Å². The van der Waals surface area contributed by atoms with Crippen LogP contribution >= 0.6 is 0 Å². The number of carbonyl (C=O) groups is 1. The third-order valence-electron chi connectivity index (χ3n) is 4.72. The Morgan fingerprint density at radius 3 is 2.71 bits per heavy atom. The van der Waals surface area contributed by atoms with Crippen LogP contribution in [0.2, 0.25) is 0 Å². The van der Waals surface area contributed by atoms with E-state index in [9.17, 15) is 13.2 Å². The molecule has 2 heterocycles. The Morgan fingerprint density at radius 1 is 1.11 bits per heavy atom. The molecule has 4 rings (SSSR count). The molecule has 0 bridgehead atoms. The first-order valence-electron chi connectivity index (χ1n) is 8.90. The minimum atomic E-state index is -3.79. The Labute approximate surface area is 163 Å². The first-order chi connectivity index (χ1) is 13.5. The number of rotatable bonds is 4. The van der Waals surface area contributed by atoms with Crippen LogP contribution in [0.1, 0.15) is 22.8 Å². The Kier molecular flexibility index (Phi) is 4.60. The third kappa shape index (κ3) is 3.25. The maximum absolute atomic E-state index is 13.3. The molecule has 142 valence electrons. The molecule has 1 aliphatic rings. The minimum Gasteiger partial charge on any atom is -0.321 e. The summed E-state index contributed by atoms with van der Waals surface area (Å²) >= 11 is 0. The third-order valence-corrected chi connectivity index (χ3v) is 6.64. The molecule has 1 N–H and O–H groups in total. The van der Waals surface area contributed by atoms with Crippen LogP contribution in [0.5, 0.6) is 0 Å². The summed E-state index contributed by atoms with van der Waals surface area (Å²) < 4.78 is 28.1. The average molecular weight is 393 g/mol. The highest BCUT2D eigenvalue weighted by atomic mass is 32.2. The van der Waals surface area contributed by atoms with Gasteiger partial charge in [-0.25, -0.2) is 8.42 Å². The van der Waals surface area contributed by atoms with Gasteiger partial charge in [-0.1, -0.05) is 24.3 Å². The van der Waals surface area contributed by atoms with E-state index in [0.717, 1.165) is 5.56 Å². The SMILES string of the molecule is C[C@@H]1Cc2ccccc2N1S(=O)(=O)c1cccc(C(=O)Nc2cccnc2)c1. The Hall–Kier alpha value is -3.19. The second kappa shape index (κ2) is 7.09. The van der Waals surface area contributed by atoms with Gasteiger partial charge in [0.2, 0.25) is 0 Å². The molecular weight excluding hydrogens is 374 g/mol. The summed E-state index contributed by atoms with van der Waals surface area (Å²) in [6.45, 7) is 1.89. The van der Waals surface area contributed by atoms with Crippen molar-refractivity contribution in [3.8, 4) is 0 Å². The molecule has 3 aromatic rings. The lowest BCUT2D eigenvalue weighted by molar-refractivity contribution is 0.102. The second-order valence-electron chi connectivity index (χ2n) is 6.71. The fraction of sp³-hybridized carbons (Fsp3) is 0.143. The van der Waals surface area contributed by atoms with Crippen LogP contribution in [-0.2, 0) is 16.4 Å². The van der Waals surface area contributed by atoms with Crippen molar-refractivity contribution in [2.45, 2.75) is 24.3 Å². The number of hydrogen-bond acceptors (Lipinski definition) is 4. The standard InChI is InChI=1S/C21H19N3O3S/c1-15-12-16-6-2-3-10-20(16)24(15)28(26,27)19-9-4-7-17(13-19)21(25)23-18-8-5-11-22-14-18/h2-11,13-15H,12H2,1H3,(H,23,25)/t15-/m1/s1. The molecule has 0 unspecified atom stereocenters.